The number of methoxy groups -OCH3 is 1. The lowest BCUT2D eigenvalue weighted by molar-refractivity contribution is -0.144. The molecule has 0 bridgehead atoms. The quantitative estimate of drug-likeness (QED) is 0.501. The molecule has 3 rings (SSSR count). The van der Waals surface area contributed by atoms with Crippen molar-refractivity contribution in [1.29, 1.82) is 0 Å². The van der Waals surface area contributed by atoms with Gasteiger partial charge in [-0.15, -0.1) is 0 Å². The van der Waals surface area contributed by atoms with Crippen LogP contribution in [0.2, 0.25) is 0 Å². The summed E-state index contributed by atoms with van der Waals surface area (Å²) in [5, 5.41) is 15.3. The van der Waals surface area contributed by atoms with Crippen molar-refractivity contribution >= 4 is 34.8 Å². The molecular formula is C22H23N5O5. The highest BCUT2D eigenvalue weighted by Gasteiger charge is 2.38. The number of azo groups is 1. The Morgan fingerprint density at radius 3 is 2.56 bits per heavy atom. The van der Waals surface area contributed by atoms with Gasteiger partial charge in [0.15, 0.2) is 6.04 Å². The molecule has 0 aliphatic carbocycles. The van der Waals surface area contributed by atoms with Gasteiger partial charge in [0.2, 0.25) is 5.91 Å². The van der Waals surface area contributed by atoms with E-state index in [4.69, 9.17) is 9.47 Å². The number of hydrogen-bond donors (Lipinski definition) is 1. The lowest BCUT2D eigenvalue weighted by Gasteiger charge is -2.12. The highest BCUT2D eigenvalue weighted by Crippen LogP contribution is 2.24. The largest absolute Gasteiger partial charge is 0.495 e. The number of ether oxygens (including phenoxy) is 2. The maximum absolute atomic E-state index is 12.6. The van der Waals surface area contributed by atoms with Gasteiger partial charge >= 0.3 is 0 Å². The molecule has 0 fully saturated rings. The Morgan fingerprint density at radius 1 is 1.16 bits per heavy atom. The van der Waals surface area contributed by atoms with Crippen LogP contribution < -0.4 is 14.8 Å². The first-order valence-electron chi connectivity index (χ1n) is 9.91. The fourth-order valence-electron chi connectivity index (χ4n) is 2.92. The molecule has 166 valence electrons. The number of para-hydroxylation sites is 2. The molecule has 1 atom stereocenters. The number of anilines is 1. The molecule has 1 aliphatic heterocycles. The number of benzene rings is 2. The molecule has 0 aromatic heterocycles. The van der Waals surface area contributed by atoms with Gasteiger partial charge in [0, 0.05) is 0 Å². The minimum atomic E-state index is -1.03. The van der Waals surface area contributed by atoms with Gasteiger partial charge in [0.25, 0.3) is 11.8 Å². The Labute approximate surface area is 184 Å². The van der Waals surface area contributed by atoms with Crippen LogP contribution in [0.15, 0.2) is 63.9 Å². The zero-order valence-corrected chi connectivity index (χ0v) is 17.9. The summed E-state index contributed by atoms with van der Waals surface area (Å²) >= 11 is 0. The molecule has 3 amide bonds. The summed E-state index contributed by atoms with van der Waals surface area (Å²) in [7, 11) is 1.47. The topological polar surface area (TPSA) is 122 Å². The molecule has 2 aromatic rings. The Hall–Kier alpha value is -4.08. The maximum Gasteiger partial charge on any atom is 0.282 e. The number of amides is 3. The number of rotatable bonds is 8. The van der Waals surface area contributed by atoms with Crippen molar-refractivity contribution in [3.05, 3.63) is 48.5 Å². The fourth-order valence-corrected chi connectivity index (χ4v) is 2.92. The van der Waals surface area contributed by atoms with Gasteiger partial charge in [-0.25, -0.2) is 0 Å². The van der Waals surface area contributed by atoms with E-state index >= 15 is 0 Å². The monoisotopic (exact) mass is 437 g/mol. The number of carbonyl (C=O) groups is 3. The Kier molecular flexibility index (Phi) is 7.27. The second-order valence-electron chi connectivity index (χ2n) is 6.76. The second kappa shape index (κ2) is 10.3. The van der Waals surface area contributed by atoms with Crippen molar-refractivity contribution in [2.45, 2.75) is 26.3 Å². The first-order chi connectivity index (χ1) is 15.4. The Morgan fingerprint density at radius 2 is 1.88 bits per heavy atom. The van der Waals surface area contributed by atoms with Crippen LogP contribution in [-0.4, -0.2) is 48.2 Å². The normalized spacial score (nSPS) is 15.6. The molecule has 1 heterocycles. The summed E-state index contributed by atoms with van der Waals surface area (Å²) < 4.78 is 10.5. The molecule has 10 nitrogen and oxygen atoms in total. The molecule has 32 heavy (non-hydrogen) atoms. The molecule has 1 unspecified atom stereocenters. The average molecular weight is 437 g/mol. The lowest BCUT2D eigenvalue weighted by atomic mass is 10.2. The van der Waals surface area contributed by atoms with Gasteiger partial charge in [0.1, 0.15) is 17.9 Å². The summed E-state index contributed by atoms with van der Waals surface area (Å²) in [6.45, 7) is 4.01. The van der Waals surface area contributed by atoms with Gasteiger partial charge in [0.05, 0.1) is 30.8 Å². The summed E-state index contributed by atoms with van der Waals surface area (Å²) in [5.74, 6) is -0.870. The number of carbonyl (C=O) groups excluding carboxylic acids is 3. The van der Waals surface area contributed by atoms with Crippen LogP contribution in [0.5, 0.6) is 11.5 Å². The van der Waals surface area contributed by atoms with Crippen LogP contribution in [0, 0.1) is 0 Å². The maximum atomic E-state index is 12.6. The van der Waals surface area contributed by atoms with Crippen molar-refractivity contribution in [2.75, 3.05) is 19.0 Å². The zero-order chi connectivity index (χ0) is 23.1. The van der Waals surface area contributed by atoms with Gasteiger partial charge in [-0.05, 0) is 50.2 Å². The number of imide groups is 1. The molecule has 1 aliphatic rings. The van der Waals surface area contributed by atoms with E-state index in [1.807, 2.05) is 6.92 Å². The highest BCUT2D eigenvalue weighted by molar-refractivity contribution is 6.18. The molecule has 0 spiro atoms. The van der Waals surface area contributed by atoms with Crippen LogP contribution in [-0.2, 0) is 14.4 Å². The zero-order valence-electron chi connectivity index (χ0n) is 17.9. The molecule has 0 saturated carbocycles. The van der Waals surface area contributed by atoms with Crippen LogP contribution in [0.25, 0.3) is 0 Å². The average Bonchev–Trinajstić information content (AvgIpc) is 3.07. The van der Waals surface area contributed by atoms with Crippen molar-refractivity contribution in [2.24, 2.45) is 15.3 Å². The van der Waals surface area contributed by atoms with Gasteiger partial charge in [-0.1, -0.05) is 12.1 Å². The van der Waals surface area contributed by atoms with Crippen molar-refractivity contribution in [1.82, 2.24) is 5.01 Å². The third-order valence-electron chi connectivity index (χ3n) is 4.46. The summed E-state index contributed by atoms with van der Waals surface area (Å²) in [6, 6.07) is 12.6. The lowest BCUT2D eigenvalue weighted by Crippen LogP contribution is -2.36. The smallest absolute Gasteiger partial charge is 0.282 e. The van der Waals surface area contributed by atoms with E-state index in [0.29, 0.717) is 40.2 Å². The molecule has 10 heteroatoms. The number of hydrazone groups is 1. The number of nitrogens with one attached hydrogen (secondary N) is 1. The predicted molar refractivity (Wildman–Crippen MR) is 117 cm³/mol. The summed E-state index contributed by atoms with van der Waals surface area (Å²) in [4.78, 5) is 37.4. The van der Waals surface area contributed by atoms with E-state index in [-0.39, 0.29) is 0 Å². The predicted octanol–water partition coefficient (Wildman–Crippen LogP) is 3.32. The summed E-state index contributed by atoms with van der Waals surface area (Å²) in [6.07, 6.45) is -0.566. The van der Waals surface area contributed by atoms with E-state index in [1.165, 1.54) is 7.11 Å². The molecule has 1 N–H and O–H groups in total. The second-order valence-corrected chi connectivity index (χ2v) is 6.76. The number of hydrogen-bond acceptors (Lipinski definition) is 8. The van der Waals surface area contributed by atoms with Crippen LogP contribution in [0.1, 0.15) is 20.3 Å². The number of nitrogens with zero attached hydrogens (tertiary/aromatic N) is 4. The van der Waals surface area contributed by atoms with Crippen molar-refractivity contribution in [3.8, 4) is 11.5 Å². The van der Waals surface area contributed by atoms with Crippen LogP contribution in [0.3, 0.4) is 0 Å². The van der Waals surface area contributed by atoms with E-state index in [0.717, 1.165) is 0 Å². The third-order valence-corrected chi connectivity index (χ3v) is 4.46. The standard InChI is InChI=1S/C22H23N5O5/c1-4-32-16-11-9-15(10-12-16)24-25-21-14(2)26-27(22(21)30)20(29)13-19(28)23-17-7-5-6-8-18(17)31-3/h5-12,21H,4,13H2,1-3H3,(H,23,28). The third kappa shape index (κ3) is 5.34. The molecular weight excluding hydrogens is 414 g/mol. The SMILES string of the molecule is CCOc1ccc(N=NC2C(=O)N(C(=O)CC(=O)Nc3ccccc3OC)N=C2C)cc1. The van der Waals surface area contributed by atoms with Crippen LogP contribution in [0.4, 0.5) is 11.4 Å². The Bertz CT molecular complexity index is 1060. The van der Waals surface area contributed by atoms with Gasteiger partial charge in [-0.2, -0.15) is 20.3 Å². The molecule has 0 saturated heterocycles. The first kappa shape index (κ1) is 22.6. The Balaban J connectivity index is 1.61. The fraction of sp³-hybridized carbons (Fsp3) is 0.273. The van der Waals surface area contributed by atoms with E-state index in [1.54, 1.807) is 55.5 Å². The minimum Gasteiger partial charge on any atom is -0.495 e. The molecule has 0 radical (unpaired) electrons. The van der Waals surface area contributed by atoms with E-state index < -0.39 is 30.2 Å². The van der Waals surface area contributed by atoms with Crippen molar-refractivity contribution in [3.63, 3.8) is 0 Å². The summed E-state index contributed by atoms with van der Waals surface area (Å²) in [5.41, 5.74) is 1.25. The van der Waals surface area contributed by atoms with Crippen LogP contribution >= 0.6 is 0 Å². The van der Waals surface area contributed by atoms with E-state index in [9.17, 15) is 14.4 Å². The van der Waals surface area contributed by atoms with Gasteiger partial charge in [-0.3, -0.25) is 14.4 Å². The molecule has 2 aromatic carbocycles. The first-order valence-corrected chi connectivity index (χ1v) is 9.91. The van der Waals surface area contributed by atoms with Gasteiger partial charge < -0.3 is 14.8 Å². The van der Waals surface area contributed by atoms with Crippen molar-refractivity contribution < 1.29 is 23.9 Å². The highest BCUT2D eigenvalue weighted by atomic mass is 16.5. The van der Waals surface area contributed by atoms with E-state index in [2.05, 4.69) is 20.6 Å². The minimum absolute atomic E-state index is 0.308.